The van der Waals surface area contributed by atoms with Gasteiger partial charge in [0.15, 0.2) is 5.13 Å². The molecule has 1 saturated carbocycles. The number of hydrogen-bond donors (Lipinski definition) is 1. The Bertz CT molecular complexity index is 1140. The molecule has 1 saturated heterocycles. The van der Waals surface area contributed by atoms with E-state index in [-0.39, 0.29) is 19.0 Å². The molecule has 12 heteroatoms. The number of carbonyl (C=O) groups excluding carboxylic acids is 2. The molecule has 0 unspecified atom stereocenters. The molecule has 1 aromatic heterocycles. The number of thiazole rings is 1. The van der Waals surface area contributed by atoms with Crippen molar-refractivity contribution < 1.29 is 26.8 Å². The molecule has 0 spiro atoms. The summed E-state index contributed by atoms with van der Waals surface area (Å²) >= 11 is 1.27. The van der Waals surface area contributed by atoms with Gasteiger partial charge in [-0.25, -0.2) is 22.2 Å². The van der Waals surface area contributed by atoms with Crippen LogP contribution >= 0.6 is 11.3 Å². The molecule has 1 aliphatic carbocycles. The molecule has 1 aromatic carbocycles. The second kappa shape index (κ2) is 10.4. The van der Waals surface area contributed by atoms with Gasteiger partial charge in [-0.15, -0.1) is 11.3 Å². The normalized spacial score (nSPS) is 19.2. The highest BCUT2D eigenvalue weighted by Gasteiger charge is 2.40. The van der Waals surface area contributed by atoms with E-state index in [1.165, 1.54) is 16.2 Å². The molecule has 2 aliphatic rings. The van der Waals surface area contributed by atoms with Crippen molar-refractivity contribution in [3.8, 4) is 0 Å². The van der Waals surface area contributed by atoms with Gasteiger partial charge in [0.1, 0.15) is 22.6 Å². The quantitative estimate of drug-likeness (QED) is 0.614. The number of piperazine rings is 1. The second-order valence-corrected chi connectivity index (χ2v) is 11.4. The van der Waals surface area contributed by atoms with Gasteiger partial charge in [0, 0.05) is 30.7 Å². The highest BCUT2D eigenvalue weighted by atomic mass is 32.2. The van der Waals surface area contributed by atoms with E-state index < -0.39 is 45.0 Å². The van der Waals surface area contributed by atoms with Crippen molar-refractivity contribution >= 4 is 38.3 Å². The first-order valence-electron chi connectivity index (χ1n) is 11.2. The number of hydrogen-bond acceptors (Lipinski definition) is 6. The monoisotopic (exact) mass is 512 g/mol. The standard InChI is InChI=1S/C22H26F2N4O4S2/c23-16-6-7-19(17(24)13-16)34(31,32)27-9-10-28(20(29)14-27)18(12-15-4-2-1-3-5-15)21(30)26-22-25-8-11-33-22/h6-8,11,13,15,18H,1-5,9-10,12,14H2,(H,25,26,30)/t18-/m0/s1. The largest absolute Gasteiger partial charge is 0.328 e. The number of nitrogens with zero attached hydrogens (tertiary/aromatic N) is 3. The van der Waals surface area contributed by atoms with Gasteiger partial charge in [-0.2, -0.15) is 4.31 Å². The fourth-order valence-electron chi connectivity index (χ4n) is 4.61. The molecule has 34 heavy (non-hydrogen) atoms. The van der Waals surface area contributed by atoms with Gasteiger partial charge in [0.25, 0.3) is 0 Å². The zero-order valence-corrected chi connectivity index (χ0v) is 20.1. The molecule has 2 heterocycles. The molecule has 4 rings (SSSR count). The summed E-state index contributed by atoms with van der Waals surface area (Å²) in [5.41, 5.74) is 0. The number of carbonyl (C=O) groups is 2. The molecule has 1 aliphatic heterocycles. The molecule has 8 nitrogen and oxygen atoms in total. The summed E-state index contributed by atoms with van der Waals surface area (Å²) in [5, 5.41) is 4.93. The molecule has 2 aromatic rings. The van der Waals surface area contributed by atoms with E-state index in [2.05, 4.69) is 10.3 Å². The number of halogens is 2. The lowest BCUT2D eigenvalue weighted by Gasteiger charge is -2.39. The second-order valence-electron chi connectivity index (χ2n) is 8.58. The van der Waals surface area contributed by atoms with E-state index in [4.69, 9.17) is 0 Å². The Hall–Kier alpha value is -2.44. The van der Waals surface area contributed by atoms with Crippen LogP contribution < -0.4 is 5.32 Å². The van der Waals surface area contributed by atoms with Gasteiger partial charge < -0.3 is 10.2 Å². The average Bonchev–Trinajstić information content (AvgIpc) is 3.31. The first kappa shape index (κ1) is 24.7. The van der Waals surface area contributed by atoms with Crippen LogP contribution in [0.15, 0.2) is 34.7 Å². The Morgan fingerprint density at radius 1 is 1.21 bits per heavy atom. The van der Waals surface area contributed by atoms with Gasteiger partial charge in [0.2, 0.25) is 21.8 Å². The molecule has 1 N–H and O–H groups in total. The summed E-state index contributed by atoms with van der Waals surface area (Å²) in [6.07, 6.45) is 7.33. The lowest BCUT2D eigenvalue weighted by molar-refractivity contribution is -0.142. The van der Waals surface area contributed by atoms with Gasteiger partial charge in [-0.05, 0) is 24.5 Å². The van der Waals surface area contributed by atoms with E-state index >= 15 is 0 Å². The number of sulfonamides is 1. The fraction of sp³-hybridized carbons (Fsp3) is 0.500. The molecule has 0 bridgehead atoms. The summed E-state index contributed by atoms with van der Waals surface area (Å²) in [7, 11) is -4.34. The predicted octanol–water partition coefficient (Wildman–Crippen LogP) is 3.23. The van der Waals surface area contributed by atoms with Crippen LogP contribution in [-0.4, -0.2) is 60.1 Å². The van der Waals surface area contributed by atoms with E-state index in [1.807, 2.05) is 0 Å². The van der Waals surface area contributed by atoms with Crippen LogP contribution in [-0.2, 0) is 19.6 Å². The number of anilines is 1. The van der Waals surface area contributed by atoms with Crippen molar-refractivity contribution in [2.24, 2.45) is 5.92 Å². The SMILES string of the molecule is O=C(Nc1nccs1)[C@H](CC1CCCCC1)N1CCN(S(=O)(=O)c2ccc(F)cc2F)CC1=O. The minimum atomic E-state index is -4.34. The molecule has 0 radical (unpaired) electrons. The minimum Gasteiger partial charge on any atom is -0.328 e. The summed E-state index contributed by atoms with van der Waals surface area (Å²) < 4.78 is 54.1. The van der Waals surface area contributed by atoms with Crippen molar-refractivity contribution in [1.29, 1.82) is 0 Å². The zero-order valence-electron chi connectivity index (χ0n) is 18.5. The van der Waals surface area contributed by atoms with Crippen molar-refractivity contribution in [3.05, 3.63) is 41.4 Å². The van der Waals surface area contributed by atoms with Gasteiger partial charge >= 0.3 is 0 Å². The Morgan fingerprint density at radius 3 is 2.62 bits per heavy atom. The number of aromatic nitrogens is 1. The average molecular weight is 513 g/mol. The maximum atomic E-state index is 14.2. The number of rotatable bonds is 7. The van der Waals surface area contributed by atoms with Gasteiger partial charge in [-0.1, -0.05) is 32.1 Å². The predicted molar refractivity (Wildman–Crippen MR) is 123 cm³/mol. The van der Waals surface area contributed by atoms with Gasteiger partial charge in [-0.3, -0.25) is 9.59 Å². The summed E-state index contributed by atoms with van der Waals surface area (Å²) in [6.45, 7) is -0.634. The Balaban J connectivity index is 1.51. The Morgan fingerprint density at radius 2 is 1.97 bits per heavy atom. The molecule has 184 valence electrons. The van der Waals surface area contributed by atoms with Crippen LogP contribution in [0.25, 0.3) is 0 Å². The zero-order chi connectivity index (χ0) is 24.3. The molecular formula is C22H26F2N4O4S2. The Kier molecular flexibility index (Phi) is 7.58. The van der Waals surface area contributed by atoms with Crippen molar-refractivity contribution in [1.82, 2.24) is 14.2 Å². The molecular weight excluding hydrogens is 486 g/mol. The van der Waals surface area contributed by atoms with Crippen molar-refractivity contribution in [2.75, 3.05) is 25.0 Å². The van der Waals surface area contributed by atoms with Crippen LogP contribution in [0.3, 0.4) is 0 Å². The summed E-state index contributed by atoms with van der Waals surface area (Å²) in [4.78, 5) is 31.0. The topological polar surface area (TPSA) is 99.7 Å². The highest BCUT2D eigenvalue weighted by molar-refractivity contribution is 7.89. The number of amides is 2. The first-order valence-corrected chi connectivity index (χ1v) is 13.5. The van der Waals surface area contributed by atoms with Crippen LogP contribution in [0.4, 0.5) is 13.9 Å². The highest BCUT2D eigenvalue weighted by Crippen LogP contribution is 2.30. The van der Waals surface area contributed by atoms with Crippen molar-refractivity contribution in [3.63, 3.8) is 0 Å². The van der Waals surface area contributed by atoms with Crippen LogP contribution in [0.1, 0.15) is 38.5 Å². The number of benzene rings is 1. The molecule has 2 fully saturated rings. The Labute approximate surface area is 201 Å². The van der Waals surface area contributed by atoms with E-state index in [0.717, 1.165) is 48.5 Å². The third-order valence-corrected chi connectivity index (χ3v) is 8.92. The lowest BCUT2D eigenvalue weighted by atomic mass is 9.84. The molecule has 1 atom stereocenters. The first-order chi connectivity index (χ1) is 16.3. The summed E-state index contributed by atoms with van der Waals surface area (Å²) in [5.74, 6) is -2.70. The van der Waals surface area contributed by atoms with Crippen LogP contribution in [0.5, 0.6) is 0 Å². The van der Waals surface area contributed by atoms with Crippen LogP contribution in [0.2, 0.25) is 0 Å². The third-order valence-electron chi connectivity index (χ3n) is 6.36. The van der Waals surface area contributed by atoms with E-state index in [0.29, 0.717) is 23.5 Å². The lowest BCUT2D eigenvalue weighted by Crippen LogP contribution is -2.58. The maximum Gasteiger partial charge on any atom is 0.248 e. The van der Waals surface area contributed by atoms with E-state index in [1.54, 1.807) is 11.6 Å². The minimum absolute atomic E-state index is 0.0104. The summed E-state index contributed by atoms with van der Waals surface area (Å²) in [6, 6.07) is 1.45. The number of nitrogens with one attached hydrogen (secondary N) is 1. The van der Waals surface area contributed by atoms with Crippen molar-refractivity contribution in [2.45, 2.75) is 49.5 Å². The van der Waals surface area contributed by atoms with E-state index in [9.17, 15) is 26.8 Å². The molecule has 2 amide bonds. The maximum absolute atomic E-state index is 14.2. The third kappa shape index (κ3) is 5.44. The fourth-order valence-corrected chi connectivity index (χ4v) is 6.57. The smallest absolute Gasteiger partial charge is 0.248 e. The van der Waals surface area contributed by atoms with Gasteiger partial charge in [0.05, 0.1) is 6.54 Å². The van der Waals surface area contributed by atoms with Crippen LogP contribution in [0, 0.1) is 17.6 Å².